The van der Waals surface area contributed by atoms with Gasteiger partial charge in [0.05, 0.1) is 21.2 Å². The van der Waals surface area contributed by atoms with Gasteiger partial charge in [0, 0.05) is 24.7 Å². The van der Waals surface area contributed by atoms with Crippen LogP contribution in [0.15, 0.2) is 77.7 Å². The standard InChI is InChI=1S/C21H19N3O5S/c1-15-8-11-18(24(26)27)14-20(15)22-21(25)16-9-12-19(13-10-16)30(28,29)23(2)17-6-4-3-5-7-17/h3-14H,1-2H3,(H,22,25). The van der Waals surface area contributed by atoms with Gasteiger partial charge in [0.15, 0.2) is 0 Å². The quantitative estimate of drug-likeness (QED) is 0.474. The Morgan fingerprint density at radius 3 is 2.23 bits per heavy atom. The first-order valence-corrected chi connectivity index (χ1v) is 10.3. The maximum absolute atomic E-state index is 12.8. The first-order valence-electron chi connectivity index (χ1n) is 8.90. The van der Waals surface area contributed by atoms with E-state index in [2.05, 4.69) is 5.32 Å². The third-order valence-corrected chi connectivity index (χ3v) is 6.37. The number of nitrogens with one attached hydrogen (secondary N) is 1. The Morgan fingerprint density at radius 1 is 1.00 bits per heavy atom. The average Bonchev–Trinajstić information content (AvgIpc) is 2.75. The third kappa shape index (κ3) is 4.31. The lowest BCUT2D eigenvalue weighted by Gasteiger charge is -2.19. The number of nitro benzene ring substituents is 1. The Morgan fingerprint density at radius 2 is 1.63 bits per heavy atom. The molecular formula is C21H19N3O5S. The summed E-state index contributed by atoms with van der Waals surface area (Å²) >= 11 is 0. The van der Waals surface area contributed by atoms with Crippen LogP contribution in [0.2, 0.25) is 0 Å². The van der Waals surface area contributed by atoms with Gasteiger partial charge < -0.3 is 5.32 Å². The first kappa shape index (κ1) is 21.0. The summed E-state index contributed by atoms with van der Waals surface area (Å²) in [6.45, 7) is 1.72. The number of amides is 1. The molecule has 0 fully saturated rings. The summed E-state index contributed by atoms with van der Waals surface area (Å²) in [5.41, 5.74) is 1.58. The highest BCUT2D eigenvalue weighted by atomic mass is 32.2. The highest BCUT2D eigenvalue weighted by Crippen LogP contribution is 2.24. The molecule has 0 saturated carbocycles. The molecule has 0 aromatic heterocycles. The van der Waals surface area contributed by atoms with Crippen molar-refractivity contribution >= 4 is 33.0 Å². The summed E-state index contributed by atoms with van der Waals surface area (Å²) < 4.78 is 26.8. The van der Waals surface area contributed by atoms with E-state index in [9.17, 15) is 23.3 Å². The van der Waals surface area contributed by atoms with Crippen LogP contribution in [0, 0.1) is 17.0 Å². The Bertz CT molecular complexity index is 1190. The second-order valence-electron chi connectivity index (χ2n) is 6.54. The van der Waals surface area contributed by atoms with Crippen molar-refractivity contribution < 1.29 is 18.1 Å². The summed E-state index contributed by atoms with van der Waals surface area (Å²) in [6.07, 6.45) is 0. The van der Waals surface area contributed by atoms with Crippen molar-refractivity contribution in [1.82, 2.24) is 0 Å². The van der Waals surface area contributed by atoms with Crippen molar-refractivity contribution in [2.45, 2.75) is 11.8 Å². The van der Waals surface area contributed by atoms with Gasteiger partial charge in [0.25, 0.3) is 21.6 Å². The molecule has 0 aliphatic heterocycles. The number of para-hydroxylation sites is 1. The van der Waals surface area contributed by atoms with Crippen molar-refractivity contribution in [2.75, 3.05) is 16.7 Å². The first-order chi connectivity index (χ1) is 14.2. The molecule has 3 aromatic carbocycles. The van der Waals surface area contributed by atoms with E-state index >= 15 is 0 Å². The molecule has 0 aliphatic rings. The van der Waals surface area contributed by atoms with E-state index in [0.717, 1.165) is 4.31 Å². The van der Waals surface area contributed by atoms with Crippen LogP contribution in [0.1, 0.15) is 15.9 Å². The number of non-ortho nitro benzene ring substituents is 1. The largest absolute Gasteiger partial charge is 0.321 e. The molecule has 3 rings (SSSR count). The van der Waals surface area contributed by atoms with E-state index in [-0.39, 0.29) is 16.1 Å². The van der Waals surface area contributed by atoms with Crippen molar-refractivity contribution in [3.63, 3.8) is 0 Å². The second-order valence-corrected chi connectivity index (χ2v) is 8.51. The van der Waals surface area contributed by atoms with E-state index < -0.39 is 20.9 Å². The fraction of sp³-hybridized carbons (Fsp3) is 0.0952. The van der Waals surface area contributed by atoms with E-state index in [1.165, 1.54) is 43.4 Å². The van der Waals surface area contributed by atoms with Gasteiger partial charge in [-0.2, -0.15) is 0 Å². The smallest absolute Gasteiger partial charge is 0.271 e. The summed E-state index contributed by atoms with van der Waals surface area (Å²) in [5, 5.41) is 13.6. The Labute approximate surface area is 174 Å². The molecule has 0 bridgehead atoms. The number of hydrogen-bond donors (Lipinski definition) is 1. The number of hydrogen-bond acceptors (Lipinski definition) is 5. The minimum Gasteiger partial charge on any atom is -0.321 e. The van der Waals surface area contributed by atoms with Crippen molar-refractivity contribution in [1.29, 1.82) is 0 Å². The van der Waals surface area contributed by atoms with Crippen LogP contribution in [0.25, 0.3) is 0 Å². The molecule has 8 nitrogen and oxygen atoms in total. The molecule has 0 unspecified atom stereocenters. The van der Waals surface area contributed by atoms with Gasteiger partial charge in [-0.25, -0.2) is 8.42 Å². The molecule has 0 heterocycles. The highest BCUT2D eigenvalue weighted by molar-refractivity contribution is 7.92. The zero-order chi connectivity index (χ0) is 21.9. The molecule has 154 valence electrons. The minimum atomic E-state index is -3.79. The lowest BCUT2D eigenvalue weighted by Crippen LogP contribution is -2.26. The van der Waals surface area contributed by atoms with E-state index in [0.29, 0.717) is 16.9 Å². The number of carbonyl (C=O) groups is 1. The maximum atomic E-state index is 12.8. The third-order valence-electron chi connectivity index (χ3n) is 4.57. The van der Waals surface area contributed by atoms with Crippen molar-refractivity contribution in [2.24, 2.45) is 0 Å². The molecule has 30 heavy (non-hydrogen) atoms. The van der Waals surface area contributed by atoms with Gasteiger partial charge in [-0.15, -0.1) is 0 Å². The van der Waals surface area contributed by atoms with Gasteiger partial charge in [-0.1, -0.05) is 24.3 Å². The topological polar surface area (TPSA) is 110 Å². The van der Waals surface area contributed by atoms with Gasteiger partial charge in [0.1, 0.15) is 0 Å². The normalized spacial score (nSPS) is 11.0. The molecule has 0 aliphatic carbocycles. The Balaban J connectivity index is 1.81. The van der Waals surface area contributed by atoms with Crippen molar-refractivity contribution in [3.8, 4) is 0 Å². The van der Waals surface area contributed by atoms with Crippen LogP contribution in [-0.2, 0) is 10.0 Å². The zero-order valence-corrected chi connectivity index (χ0v) is 17.1. The van der Waals surface area contributed by atoms with Gasteiger partial charge in [-0.05, 0) is 48.9 Å². The number of nitrogens with zero attached hydrogens (tertiary/aromatic N) is 2. The Kier molecular flexibility index (Phi) is 5.84. The number of rotatable bonds is 6. The summed E-state index contributed by atoms with van der Waals surface area (Å²) in [6, 6.07) is 18.3. The summed E-state index contributed by atoms with van der Waals surface area (Å²) in [5.74, 6) is -0.501. The molecule has 0 atom stereocenters. The molecule has 9 heteroatoms. The Hall–Kier alpha value is -3.72. The number of aryl methyl sites for hydroxylation is 1. The van der Waals surface area contributed by atoms with Crippen LogP contribution in [-0.4, -0.2) is 26.3 Å². The van der Waals surface area contributed by atoms with Crippen LogP contribution >= 0.6 is 0 Å². The highest BCUT2D eigenvalue weighted by Gasteiger charge is 2.21. The average molecular weight is 425 g/mol. The number of nitro groups is 1. The minimum absolute atomic E-state index is 0.0388. The molecule has 0 spiro atoms. The number of sulfonamides is 1. The number of benzene rings is 3. The molecule has 0 saturated heterocycles. The number of carbonyl (C=O) groups excluding carboxylic acids is 1. The SMILES string of the molecule is Cc1ccc([N+](=O)[O-])cc1NC(=O)c1ccc(S(=O)(=O)N(C)c2ccccc2)cc1. The summed E-state index contributed by atoms with van der Waals surface area (Å²) in [4.78, 5) is 23.0. The second kappa shape index (κ2) is 8.34. The fourth-order valence-corrected chi connectivity index (χ4v) is 3.96. The van der Waals surface area contributed by atoms with Crippen LogP contribution in [0.5, 0.6) is 0 Å². The van der Waals surface area contributed by atoms with Crippen LogP contribution in [0.3, 0.4) is 0 Å². The molecule has 1 N–H and O–H groups in total. The van der Waals surface area contributed by atoms with Crippen molar-refractivity contribution in [3.05, 3.63) is 94.0 Å². The van der Waals surface area contributed by atoms with Crippen LogP contribution < -0.4 is 9.62 Å². The van der Waals surface area contributed by atoms with Gasteiger partial charge >= 0.3 is 0 Å². The van der Waals surface area contributed by atoms with Gasteiger partial charge in [0.2, 0.25) is 0 Å². The zero-order valence-electron chi connectivity index (χ0n) is 16.3. The number of anilines is 2. The van der Waals surface area contributed by atoms with Crippen LogP contribution in [0.4, 0.5) is 17.1 Å². The predicted octanol–water partition coefficient (Wildman–Crippen LogP) is 3.98. The van der Waals surface area contributed by atoms with E-state index in [1.54, 1.807) is 43.3 Å². The van der Waals surface area contributed by atoms with Gasteiger partial charge in [-0.3, -0.25) is 19.2 Å². The molecule has 0 radical (unpaired) electrons. The monoisotopic (exact) mass is 425 g/mol. The fourth-order valence-electron chi connectivity index (χ4n) is 2.77. The molecule has 3 aromatic rings. The van der Waals surface area contributed by atoms with E-state index in [4.69, 9.17) is 0 Å². The lowest BCUT2D eigenvalue weighted by atomic mass is 10.1. The lowest BCUT2D eigenvalue weighted by molar-refractivity contribution is -0.384. The predicted molar refractivity (Wildman–Crippen MR) is 114 cm³/mol. The van der Waals surface area contributed by atoms with E-state index in [1.807, 2.05) is 0 Å². The molecular weight excluding hydrogens is 406 g/mol. The summed E-state index contributed by atoms with van der Waals surface area (Å²) in [7, 11) is -2.33. The molecule has 1 amide bonds. The maximum Gasteiger partial charge on any atom is 0.271 e.